The monoisotopic (exact) mass is 393 g/mol. The number of hydrogen-bond donors (Lipinski definition) is 3. The molecule has 3 heterocycles. The fourth-order valence-electron chi connectivity index (χ4n) is 2.70. The number of nitrogens with one attached hydrogen (secondary N) is 3. The Morgan fingerprint density at radius 2 is 2.07 bits per heavy atom. The van der Waals surface area contributed by atoms with Crippen molar-refractivity contribution >= 4 is 28.3 Å². The van der Waals surface area contributed by atoms with Gasteiger partial charge in [0.2, 0.25) is 0 Å². The molecule has 8 nitrogen and oxygen atoms in total. The molecular weight excluding hydrogens is 374 g/mol. The molecule has 0 unspecified atom stereocenters. The van der Waals surface area contributed by atoms with Crippen molar-refractivity contribution in [2.24, 2.45) is 0 Å². The molecular formula is C19H19N7OS. The van der Waals surface area contributed by atoms with Crippen LogP contribution in [0.15, 0.2) is 48.2 Å². The first kappa shape index (κ1) is 18.2. The molecule has 4 rings (SSSR count). The van der Waals surface area contributed by atoms with Gasteiger partial charge in [0.15, 0.2) is 0 Å². The fraction of sp³-hybridized carbons (Fsp3) is 0.211. The van der Waals surface area contributed by atoms with Gasteiger partial charge in [-0.1, -0.05) is 12.1 Å². The molecule has 28 heavy (non-hydrogen) atoms. The average molecular weight is 393 g/mol. The lowest BCUT2D eigenvalue weighted by molar-refractivity contribution is 0.0946. The van der Waals surface area contributed by atoms with Crippen LogP contribution in [0.5, 0.6) is 0 Å². The second-order valence-corrected chi connectivity index (χ2v) is 7.08. The summed E-state index contributed by atoms with van der Waals surface area (Å²) in [5.41, 5.74) is 3.15. The summed E-state index contributed by atoms with van der Waals surface area (Å²) >= 11 is 1.49. The maximum Gasteiger partial charge on any atom is 0.271 e. The number of amides is 1. The third-order valence-corrected chi connectivity index (χ3v) is 4.99. The van der Waals surface area contributed by atoms with Crippen molar-refractivity contribution in [3.05, 3.63) is 70.5 Å². The molecule has 0 spiro atoms. The summed E-state index contributed by atoms with van der Waals surface area (Å²) in [5, 5.41) is 8.85. The minimum Gasteiger partial charge on any atom is -0.345 e. The van der Waals surface area contributed by atoms with E-state index in [-0.39, 0.29) is 5.91 Å². The minimum atomic E-state index is -0.205. The lowest BCUT2D eigenvalue weighted by Gasteiger charge is -2.02. The lowest BCUT2D eigenvalue weighted by Crippen LogP contribution is -2.23. The Morgan fingerprint density at radius 3 is 2.93 bits per heavy atom. The van der Waals surface area contributed by atoms with Crippen molar-refractivity contribution in [2.75, 3.05) is 6.54 Å². The molecule has 3 aromatic heterocycles. The maximum absolute atomic E-state index is 12.2. The van der Waals surface area contributed by atoms with E-state index in [1.54, 1.807) is 24.0 Å². The van der Waals surface area contributed by atoms with Crippen LogP contribution in [-0.4, -0.2) is 37.4 Å². The quantitative estimate of drug-likeness (QED) is 0.396. The smallest absolute Gasteiger partial charge is 0.271 e. The largest absolute Gasteiger partial charge is 0.345 e. The molecule has 0 saturated heterocycles. The average Bonchev–Trinajstić information content (AvgIpc) is 3.37. The van der Waals surface area contributed by atoms with E-state index in [2.05, 4.69) is 35.6 Å². The third-order valence-electron chi connectivity index (χ3n) is 4.08. The zero-order valence-corrected chi connectivity index (χ0v) is 15.9. The SMILES string of the molecule is O=C(NCc1cnccn1)c1csc(CCNCc2nc3ccccc3[nH]2)n1. The molecule has 0 aliphatic carbocycles. The Bertz CT molecular complexity index is 1030. The van der Waals surface area contributed by atoms with Gasteiger partial charge >= 0.3 is 0 Å². The predicted octanol–water partition coefficient (Wildman–Crippen LogP) is 2.07. The first-order valence-corrected chi connectivity index (χ1v) is 9.78. The minimum absolute atomic E-state index is 0.205. The van der Waals surface area contributed by atoms with E-state index in [1.165, 1.54) is 11.3 Å². The number of para-hydroxylation sites is 2. The van der Waals surface area contributed by atoms with Gasteiger partial charge in [0.25, 0.3) is 5.91 Å². The molecule has 0 fully saturated rings. The molecule has 1 aromatic carbocycles. The number of hydrogen-bond acceptors (Lipinski definition) is 7. The number of imidazole rings is 1. The highest BCUT2D eigenvalue weighted by molar-refractivity contribution is 7.09. The van der Waals surface area contributed by atoms with Gasteiger partial charge < -0.3 is 15.6 Å². The first-order valence-electron chi connectivity index (χ1n) is 8.90. The van der Waals surface area contributed by atoms with Crippen LogP contribution in [0.1, 0.15) is 27.0 Å². The number of thiazole rings is 1. The molecule has 0 radical (unpaired) electrons. The molecule has 0 saturated carbocycles. The number of aromatic nitrogens is 5. The number of fused-ring (bicyclic) bond motifs is 1. The first-order chi connectivity index (χ1) is 13.8. The van der Waals surface area contributed by atoms with E-state index >= 15 is 0 Å². The Morgan fingerprint density at radius 1 is 1.14 bits per heavy atom. The molecule has 142 valence electrons. The zero-order chi connectivity index (χ0) is 19.2. The van der Waals surface area contributed by atoms with Crippen molar-refractivity contribution in [1.82, 2.24) is 35.6 Å². The van der Waals surface area contributed by atoms with Crippen LogP contribution in [0.4, 0.5) is 0 Å². The van der Waals surface area contributed by atoms with Gasteiger partial charge in [-0.3, -0.25) is 14.8 Å². The summed E-state index contributed by atoms with van der Waals surface area (Å²) in [6.07, 6.45) is 5.57. The van der Waals surface area contributed by atoms with Crippen molar-refractivity contribution in [3.63, 3.8) is 0 Å². The Balaban J connectivity index is 1.22. The highest BCUT2D eigenvalue weighted by Crippen LogP contribution is 2.11. The van der Waals surface area contributed by atoms with E-state index in [1.807, 2.05) is 24.3 Å². The number of rotatable bonds is 8. The zero-order valence-electron chi connectivity index (χ0n) is 15.1. The molecule has 0 bridgehead atoms. The van der Waals surface area contributed by atoms with Crippen LogP contribution in [0.25, 0.3) is 11.0 Å². The number of nitrogens with zero attached hydrogens (tertiary/aromatic N) is 4. The van der Waals surface area contributed by atoms with Gasteiger partial charge in [-0.2, -0.15) is 0 Å². The van der Waals surface area contributed by atoms with Crippen LogP contribution in [0.2, 0.25) is 0 Å². The van der Waals surface area contributed by atoms with Gasteiger partial charge in [0.05, 0.1) is 41.0 Å². The van der Waals surface area contributed by atoms with Gasteiger partial charge in [-0.25, -0.2) is 9.97 Å². The molecule has 4 aromatic rings. The lowest BCUT2D eigenvalue weighted by atomic mass is 10.3. The van der Waals surface area contributed by atoms with Crippen LogP contribution >= 0.6 is 11.3 Å². The summed E-state index contributed by atoms with van der Waals surface area (Å²) in [5.74, 6) is 0.702. The van der Waals surface area contributed by atoms with Gasteiger partial charge in [-0.05, 0) is 12.1 Å². The molecule has 0 aliphatic heterocycles. The standard InChI is InChI=1S/C19H19N7OS/c27-19(23-10-13-9-21-7-8-22-13)16-12-28-18(26-16)5-6-20-11-17-24-14-3-1-2-4-15(14)25-17/h1-4,7-9,12,20H,5-6,10-11H2,(H,23,27)(H,24,25). The van der Waals surface area contributed by atoms with Crippen molar-refractivity contribution in [1.29, 1.82) is 0 Å². The molecule has 9 heteroatoms. The second-order valence-electron chi connectivity index (χ2n) is 6.13. The second kappa shape index (κ2) is 8.68. The van der Waals surface area contributed by atoms with Crippen LogP contribution < -0.4 is 10.6 Å². The van der Waals surface area contributed by atoms with Crippen molar-refractivity contribution < 1.29 is 4.79 Å². The van der Waals surface area contributed by atoms with Crippen LogP contribution in [0, 0.1) is 0 Å². The van der Waals surface area contributed by atoms with Crippen molar-refractivity contribution in [3.8, 4) is 0 Å². The van der Waals surface area contributed by atoms with Gasteiger partial charge in [0, 0.05) is 30.7 Å². The number of H-pyrrole nitrogens is 1. The van der Waals surface area contributed by atoms with E-state index in [9.17, 15) is 4.79 Å². The molecule has 0 aliphatic rings. The number of aromatic amines is 1. The van der Waals surface area contributed by atoms with Crippen LogP contribution in [-0.2, 0) is 19.5 Å². The normalized spacial score (nSPS) is 11.0. The van der Waals surface area contributed by atoms with Crippen molar-refractivity contribution in [2.45, 2.75) is 19.5 Å². The van der Waals surface area contributed by atoms with E-state index < -0.39 is 0 Å². The summed E-state index contributed by atoms with van der Waals surface area (Å²) < 4.78 is 0. The maximum atomic E-state index is 12.2. The van der Waals surface area contributed by atoms with E-state index in [4.69, 9.17) is 0 Å². The Labute approximate surface area is 165 Å². The summed E-state index contributed by atoms with van der Waals surface area (Å²) in [7, 11) is 0. The summed E-state index contributed by atoms with van der Waals surface area (Å²) in [4.78, 5) is 32.5. The number of benzene rings is 1. The number of carbonyl (C=O) groups excluding carboxylic acids is 1. The van der Waals surface area contributed by atoms with Crippen LogP contribution in [0.3, 0.4) is 0 Å². The molecule has 1 amide bonds. The Kier molecular flexibility index (Phi) is 5.64. The summed E-state index contributed by atoms with van der Waals surface area (Å²) in [6.45, 7) is 1.75. The van der Waals surface area contributed by atoms with E-state index in [0.717, 1.165) is 34.8 Å². The molecule has 3 N–H and O–H groups in total. The van der Waals surface area contributed by atoms with Gasteiger partial charge in [-0.15, -0.1) is 11.3 Å². The highest BCUT2D eigenvalue weighted by atomic mass is 32.1. The summed E-state index contributed by atoms with van der Waals surface area (Å²) in [6, 6.07) is 7.96. The Hall–Kier alpha value is -3.17. The fourth-order valence-corrected chi connectivity index (χ4v) is 3.48. The topological polar surface area (TPSA) is 108 Å². The third kappa shape index (κ3) is 4.56. The van der Waals surface area contributed by atoms with Gasteiger partial charge in [0.1, 0.15) is 11.5 Å². The predicted molar refractivity (Wildman–Crippen MR) is 107 cm³/mol. The molecule has 0 atom stereocenters. The number of carbonyl (C=O) groups is 1. The van der Waals surface area contributed by atoms with E-state index in [0.29, 0.717) is 24.5 Å². The highest BCUT2D eigenvalue weighted by Gasteiger charge is 2.11.